The summed E-state index contributed by atoms with van der Waals surface area (Å²) >= 11 is 0. The van der Waals surface area contributed by atoms with E-state index in [1.807, 2.05) is 6.07 Å². The van der Waals surface area contributed by atoms with Gasteiger partial charge in [-0.15, -0.1) is 0 Å². The molecule has 0 amide bonds. The molecule has 3 heteroatoms. The maximum Gasteiger partial charge on any atom is 0.127 e. The van der Waals surface area contributed by atoms with E-state index in [9.17, 15) is 0 Å². The van der Waals surface area contributed by atoms with E-state index >= 15 is 0 Å². The van der Waals surface area contributed by atoms with Gasteiger partial charge in [0.05, 0.1) is 5.69 Å². The number of nitrogen functional groups attached to an aromatic ring is 1. The van der Waals surface area contributed by atoms with Crippen molar-refractivity contribution in [3.8, 4) is 0 Å². The van der Waals surface area contributed by atoms with Crippen LogP contribution in [0.25, 0.3) is 0 Å². The number of hydrogen-bond acceptors (Lipinski definition) is 2. The van der Waals surface area contributed by atoms with E-state index in [1.165, 1.54) is 5.56 Å². The second-order valence-electron chi connectivity index (χ2n) is 4.53. The molecular weight excluding hydrogens is 222 g/mol. The highest BCUT2D eigenvalue weighted by molar-refractivity contribution is 5.41. The molecule has 0 bridgehead atoms. The number of imidazole rings is 1. The molecule has 2 N–H and O–H groups in total. The third-order valence-electron chi connectivity index (χ3n) is 3.14. The maximum absolute atomic E-state index is 6.21. The number of nitrogens with two attached hydrogens (primary N) is 1. The quantitative estimate of drug-likeness (QED) is 0.877. The molecule has 0 saturated carbocycles. The van der Waals surface area contributed by atoms with Gasteiger partial charge in [-0.3, -0.25) is 0 Å². The Morgan fingerprint density at radius 1 is 1.17 bits per heavy atom. The summed E-state index contributed by atoms with van der Waals surface area (Å²) in [7, 11) is 0. The fourth-order valence-electron chi connectivity index (χ4n) is 2.23. The Labute approximate surface area is 109 Å². The summed E-state index contributed by atoms with van der Waals surface area (Å²) in [5.74, 6) is 1.93. The standard InChI is InChI=1S/C15H21N3/c1-3-10-18-14(4-2)17-13(15(18)16)11-12-8-6-5-7-9-12/h5-9H,3-4,10-11,16H2,1-2H3. The number of aromatic nitrogens is 2. The molecular formula is C15H21N3. The number of nitrogens with zero attached hydrogens (tertiary/aromatic N) is 2. The predicted molar refractivity (Wildman–Crippen MR) is 75.6 cm³/mol. The second-order valence-corrected chi connectivity index (χ2v) is 4.53. The Kier molecular flexibility index (Phi) is 4.03. The molecule has 0 atom stereocenters. The Morgan fingerprint density at radius 3 is 2.50 bits per heavy atom. The lowest BCUT2D eigenvalue weighted by Crippen LogP contribution is -2.06. The van der Waals surface area contributed by atoms with Crippen LogP contribution in [0.3, 0.4) is 0 Å². The molecule has 0 radical (unpaired) electrons. The van der Waals surface area contributed by atoms with E-state index in [1.54, 1.807) is 0 Å². The highest BCUT2D eigenvalue weighted by atomic mass is 15.1. The molecule has 0 aliphatic carbocycles. The summed E-state index contributed by atoms with van der Waals surface area (Å²) < 4.78 is 2.15. The van der Waals surface area contributed by atoms with Gasteiger partial charge in [0.25, 0.3) is 0 Å². The summed E-state index contributed by atoms with van der Waals surface area (Å²) in [5.41, 5.74) is 8.48. The highest BCUT2D eigenvalue weighted by Crippen LogP contribution is 2.19. The van der Waals surface area contributed by atoms with Crippen LogP contribution in [0.15, 0.2) is 30.3 Å². The number of hydrogen-bond donors (Lipinski definition) is 1. The van der Waals surface area contributed by atoms with Crippen LogP contribution in [-0.4, -0.2) is 9.55 Å². The number of anilines is 1. The summed E-state index contributed by atoms with van der Waals surface area (Å²) in [4.78, 5) is 4.68. The first kappa shape index (κ1) is 12.7. The van der Waals surface area contributed by atoms with Crippen LogP contribution in [0.4, 0.5) is 5.82 Å². The van der Waals surface area contributed by atoms with Crippen LogP contribution in [0, 0.1) is 0 Å². The van der Waals surface area contributed by atoms with E-state index < -0.39 is 0 Å². The van der Waals surface area contributed by atoms with Gasteiger partial charge >= 0.3 is 0 Å². The molecule has 0 saturated heterocycles. The molecule has 18 heavy (non-hydrogen) atoms. The van der Waals surface area contributed by atoms with Gasteiger partial charge in [-0.25, -0.2) is 4.98 Å². The van der Waals surface area contributed by atoms with Gasteiger partial charge in [-0.2, -0.15) is 0 Å². The van der Waals surface area contributed by atoms with Gasteiger partial charge in [0.15, 0.2) is 0 Å². The molecule has 1 aromatic heterocycles. The lowest BCUT2D eigenvalue weighted by atomic mass is 10.1. The topological polar surface area (TPSA) is 43.8 Å². The normalized spacial score (nSPS) is 10.8. The van der Waals surface area contributed by atoms with E-state index in [2.05, 4.69) is 47.7 Å². The van der Waals surface area contributed by atoms with E-state index in [-0.39, 0.29) is 0 Å². The van der Waals surface area contributed by atoms with Gasteiger partial charge in [-0.05, 0) is 12.0 Å². The van der Waals surface area contributed by atoms with Crippen molar-refractivity contribution in [2.75, 3.05) is 5.73 Å². The number of benzene rings is 1. The zero-order valence-electron chi connectivity index (χ0n) is 11.2. The van der Waals surface area contributed by atoms with E-state index in [0.717, 1.165) is 43.1 Å². The van der Waals surface area contributed by atoms with Crippen molar-refractivity contribution in [2.24, 2.45) is 0 Å². The molecule has 0 fully saturated rings. The first-order valence-corrected chi connectivity index (χ1v) is 6.63. The predicted octanol–water partition coefficient (Wildman–Crippen LogP) is 3.03. The van der Waals surface area contributed by atoms with Crippen LogP contribution in [0.1, 0.15) is 37.4 Å². The van der Waals surface area contributed by atoms with Crippen molar-refractivity contribution < 1.29 is 0 Å². The van der Waals surface area contributed by atoms with Crippen LogP contribution >= 0.6 is 0 Å². The number of rotatable bonds is 5. The van der Waals surface area contributed by atoms with E-state index in [0.29, 0.717) is 0 Å². The van der Waals surface area contributed by atoms with Gasteiger partial charge in [0.2, 0.25) is 0 Å². The van der Waals surface area contributed by atoms with Crippen molar-refractivity contribution in [1.29, 1.82) is 0 Å². The average Bonchev–Trinajstić information content (AvgIpc) is 2.69. The van der Waals surface area contributed by atoms with E-state index in [4.69, 9.17) is 5.73 Å². The minimum Gasteiger partial charge on any atom is -0.384 e. The Bertz CT molecular complexity index is 500. The third kappa shape index (κ3) is 2.55. The minimum absolute atomic E-state index is 0.816. The van der Waals surface area contributed by atoms with Gasteiger partial charge in [0.1, 0.15) is 11.6 Å². The first-order chi connectivity index (χ1) is 8.76. The van der Waals surface area contributed by atoms with Gasteiger partial charge < -0.3 is 10.3 Å². The summed E-state index contributed by atoms with van der Waals surface area (Å²) in [6.07, 6.45) is 2.83. The molecule has 2 aromatic rings. The minimum atomic E-state index is 0.816. The SMILES string of the molecule is CCCn1c(CC)nc(Cc2ccccc2)c1N. The summed E-state index contributed by atoms with van der Waals surface area (Å²) in [6.45, 7) is 5.24. The highest BCUT2D eigenvalue weighted by Gasteiger charge is 2.12. The van der Waals surface area contributed by atoms with Gasteiger partial charge in [-0.1, -0.05) is 44.2 Å². The Balaban J connectivity index is 2.28. The van der Waals surface area contributed by atoms with Crippen molar-refractivity contribution in [3.05, 3.63) is 47.4 Å². The van der Waals surface area contributed by atoms with Crippen LogP contribution in [0.5, 0.6) is 0 Å². The van der Waals surface area contributed by atoms with Crippen molar-refractivity contribution in [1.82, 2.24) is 9.55 Å². The third-order valence-corrected chi connectivity index (χ3v) is 3.14. The zero-order chi connectivity index (χ0) is 13.0. The zero-order valence-corrected chi connectivity index (χ0v) is 11.2. The van der Waals surface area contributed by atoms with Crippen molar-refractivity contribution in [3.63, 3.8) is 0 Å². The maximum atomic E-state index is 6.21. The molecule has 0 aliphatic heterocycles. The lowest BCUT2D eigenvalue weighted by molar-refractivity contribution is 0.650. The smallest absolute Gasteiger partial charge is 0.127 e. The summed E-state index contributed by atoms with van der Waals surface area (Å²) in [6, 6.07) is 10.4. The molecule has 0 spiro atoms. The van der Waals surface area contributed by atoms with Gasteiger partial charge in [0, 0.05) is 19.4 Å². The molecule has 1 heterocycles. The van der Waals surface area contributed by atoms with Crippen molar-refractivity contribution >= 4 is 5.82 Å². The monoisotopic (exact) mass is 243 g/mol. The molecule has 0 unspecified atom stereocenters. The molecule has 3 nitrogen and oxygen atoms in total. The van der Waals surface area contributed by atoms with Crippen molar-refractivity contribution in [2.45, 2.75) is 39.7 Å². The van der Waals surface area contributed by atoms with Crippen LogP contribution in [-0.2, 0) is 19.4 Å². The Hall–Kier alpha value is -1.77. The fourth-order valence-corrected chi connectivity index (χ4v) is 2.23. The Morgan fingerprint density at radius 2 is 1.89 bits per heavy atom. The first-order valence-electron chi connectivity index (χ1n) is 6.63. The molecule has 1 aromatic carbocycles. The second kappa shape index (κ2) is 5.71. The van der Waals surface area contributed by atoms with Crippen LogP contribution in [0.2, 0.25) is 0 Å². The number of aryl methyl sites for hydroxylation is 1. The molecule has 2 rings (SSSR count). The average molecular weight is 243 g/mol. The lowest BCUT2D eigenvalue weighted by Gasteiger charge is -2.06. The molecule has 96 valence electrons. The summed E-state index contributed by atoms with van der Waals surface area (Å²) in [5, 5.41) is 0. The fraction of sp³-hybridized carbons (Fsp3) is 0.400. The van der Waals surface area contributed by atoms with Crippen LogP contribution < -0.4 is 5.73 Å². The molecule has 0 aliphatic rings. The largest absolute Gasteiger partial charge is 0.384 e.